The highest BCUT2D eigenvalue weighted by Gasteiger charge is 2.36. The van der Waals surface area contributed by atoms with Gasteiger partial charge in [0, 0.05) is 30.1 Å². The fraction of sp³-hybridized carbons (Fsp3) is 0.632. The number of ether oxygens (including phenoxy) is 2. The number of benzene rings is 1. The van der Waals surface area contributed by atoms with E-state index in [0.717, 1.165) is 62.1 Å². The van der Waals surface area contributed by atoms with E-state index in [1.54, 1.807) is 14.2 Å². The van der Waals surface area contributed by atoms with Crippen LogP contribution in [-0.2, 0) is 4.79 Å². The van der Waals surface area contributed by atoms with Crippen LogP contribution in [0.25, 0.3) is 0 Å². The minimum Gasteiger partial charge on any atom is -0.497 e. The number of halogens is 1. The van der Waals surface area contributed by atoms with Gasteiger partial charge in [0.2, 0.25) is 5.91 Å². The molecular weight excluding hydrogens is 340 g/mol. The number of nitrogens with zero attached hydrogens (tertiary/aromatic N) is 1. The molecule has 1 aromatic rings. The molecule has 140 valence electrons. The van der Waals surface area contributed by atoms with Crippen molar-refractivity contribution >= 4 is 18.3 Å². The van der Waals surface area contributed by atoms with Gasteiger partial charge in [0.25, 0.3) is 0 Å². The number of carbonyl (C=O) groups excluding carboxylic acids is 1. The maximum atomic E-state index is 13.1. The molecule has 6 heteroatoms. The molecule has 1 aliphatic carbocycles. The van der Waals surface area contributed by atoms with E-state index in [1.165, 1.54) is 0 Å². The van der Waals surface area contributed by atoms with Crippen molar-refractivity contribution in [3.8, 4) is 11.5 Å². The van der Waals surface area contributed by atoms with Crippen molar-refractivity contribution in [1.29, 1.82) is 0 Å². The Morgan fingerprint density at radius 3 is 2.64 bits per heavy atom. The van der Waals surface area contributed by atoms with E-state index in [2.05, 4.69) is 0 Å². The second-order valence-electron chi connectivity index (χ2n) is 6.92. The van der Waals surface area contributed by atoms with E-state index >= 15 is 0 Å². The lowest BCUT2D eigenvalue weighted by molar-refractivity contribution is -0.137. The van der Waals surface area contributed by atoms with Crippen LogP contribution in [0.1, 0.15) is 50.1 Å². The minimum atomic E-state index is 0. The summed E-state index contributed by atoms with van der Waals surface area (Å²) < 4.78 is 10.8. The Labute approximate surface area is 156 Å². The predicted molar refractivity (Wildman–Crippen MR) is 100 cm³/mol. The standard InChI is InChI=1S/C19H28N2O3.ClH/c1-23-15-8-9-16(18(12-15)24-2)17-7-4-10-21(17)19(22)13-5-3-6-14(20)11-13;/h8-9,12-14,17H,3-7,10-11,20H2,1-2H3;1H. The summed E-state index contributed by atoms with van der Waals surface area (Å²) in [6.07, 6.45) is 5.90. The van der Waals surface area contributed by atoms with Crippen molar-refractivity contribution in [3.63, 3.8) is 0 Å². The quantitative estimate of drug-likeness (QED) is 0.885. The summed E-state index contributed by atoms with van der Waals surface area (Å²) in [5, 5.41) is 0. The van der Waals surface area contributed by atoms with E-state index in [4.69, 9.17) is 15.2 Å². The van der Waals surface area contributed by atoms with Gasteiger partial charge in [-0.2, -0.15) is 0 Å². The molecule has 1 aromatic carbocycles. The average Bonchev–Trinajstić information content (AvgIpc) is 3.09. The van der Waals surface area contributed by atoms with Gasteiger partial charge < -0.3 is 20.1 Å². The first kappa shape index (κ1) is 19.9. The SMILES string of the molecule is COc1ccc(C2CCCN2C(=O)C2CCCC(N)C2)c(OC)c1.Cl. The summed E-state index contributed by atoms with van der Waals surface area (Å²) >= 11 is 0. The lowest BCUT2D eigenvalue weighted by atomic mass is 9.85. The highest BCUT2D eigenvalue weighted by atomic mass is 35.5. The molecule has 0 aromatic heterocycles. The molecule has 5 nitrogen and oxygen atoms in total. The van der Waals surface area contributed by atoms with E-state index in [-0.39, 0.29) is 36.3 Å². The normalized spacial score (nSPS) is 26.0. The molecule has 3 unspecified atom stereocenters. The molecule has 3 rings (SSSR count). The van der Waals surface area contributed by atoms with Crippen LogP contribution in [0.15, 0.2) is 18.2 Å². The average molecular weight is 369 g/mol. The van der Waals surface area contributed by atoms with Crippen LogP contribution in [0.2, 0.25) is 0 Å². The van der Waals surface area contributed by atoms with E-state index in [0.29, 0.717) is 0 Å². The second kappa shape index (κ2) is 8.77. The maximum Gasteiger partial charge on any atom is 0.226 e. The Morgan fingerprint density at radius 1 is 1.16 bits per heavy atom. The summed E-state index contributed by atoms with van der Waals surface area (Å²) in [6, 6.07) is 6.13. The Balaban J connectivity index is 0.00000225. The molecule has 25 heavy (non-hydrogen) atoms. The number of nitrogens with two attached hydrogens (primary N) is 1. The van der Waals surface area contributed by atoms with Crippen LogP contribution in [0.4, 0.5) is 0 Å². The lowest BCUT2D eigenvalue weighted by Crippen LogP contribution is -2.40. The summed E-state index contributed by atoms with van der Waals surface area (Å²) in [4.78, 5) is 15.1. The van der Waals surface area contributed by atoms with Gasteiger partial charge in [-0.1, -0.05) is 6.42 Å². The number of hydrogen-bond acceptors (Lipinski definition) is 4. The number of hydrogen-bond donors (Lipinski definition) is 1. The smallest absolute Gasteiger partial charge is 0.226 e. The van der Waals surface area contributed by atoms with Crippen molar-refractivity contribution < 1.29 is 14.3 Å². The van der Waals surface area contributed by atoms with Crippen LogP contribution in [0.5, 0.6) is 11.5 Å². The first-order valence-electron chi connectivity index (χ1n) is 8.92. The van der Waals surface area contributed by atoms with Gasteiger partial charge in [0.1, 0.15) is 11.5 Å². The van der Waals surface area contributed by atoms with Crippen LogP contribution in [-0.4, -0.2) is 37.6 Å². The van der Waals surface area contributed by atoms with Crippen molar-refractivity contribution in [3.05, 3.63) is 23.8 Å². The maximum absolute atomic E-state index is 13.1. The Kier molecular flexibility index (Phi) is 6.96. The van der Waals surface area contributed by atoms with Gasteiger partial charge in [-0.05, 0) is 44.2 Å². The number of methoxy groups -OCH3 is 2. The van der Waals surface area contributed by atoms with Gasteiger partial charge in [-0.3, -0.25) is 4.79 Å². The molecule has 1 aliphatic heterocycles. The molecule has 3 atom stereocenters. The largest absolute Gasteiger partial charge is 0.497 e. The molecule has 0 radical (unpaired) electrons. The van der Waals surface area contributed by atoms with E-state index in [1.807, 2.05) is 23.1 Å². The highest BCUT2D eigenvalue weighted by molar-refractivity contribution is 5.85. The first-order valence-corrected chi connectivity index (χ1v) is 8.92. The fourth-order valence-corrected chi connectivity index (χ4v) is 4.13. The first-order chi connectivity index (χ1) is 11.6. The van der Waals surface area contributed by atoms with Crippen LogP contribution < -0.4 is 15.2 Å². The number of carbonyl (C=O) groups is 1. The summed E-state index contributed by atoms with van der Waals surface area (Å²) in [5.41, 5.74) is 7.15. The molecule has 2 fully saturated rings. The van der Waals surface area contributed by atoms with Gasteiger partial charge in [0.15, 0.2) is 0 Å². The highest BCUT2D eigenvalue weighted by Crippen LogP contribution is 2.40. The van der Waals surface area contributed by atoms with Gasteiger partial charge >= 0.3 is 0 Å². The van der Waals surface area contributed by atoms with E-state index in [9.17, 15) is 4.79 Å². The zero-order valence-electron chi connectivity index (χ0n) is 15.1. The second-order valence-corrected chi connectivity index (χ2v) is 6.92. The van der Waals surface area contributed by atoms with Gasteiger partial charge in [0.05, 0.1) is 20.3 Å². The summed E-state index contributed by atoms with van der Waals surface area (Å²) in [6.45, 7) is 0.824. The van der Waals surface area contributed by atoms with Crippen molar-refractivity contribution in [2.24, 2.45) is 11.7 Å². The molecule has 1 heterocycles. The molecule has 0 bridgehead atoms. The minimum absolute atomic E-state index is 0. The monoisotopic (exact) mass is 368 g/mol. The molecular formula is C19H29ClN2O3. The fourth-order valence-electron chi connectivity index (χ4n) is 4.13. The zero-order valence-corrected chi connectivity index (χ0v) is 15.9. The van der Waals surface area contributed by atoms with Crippen LogP contribution >= 0.6 is 12.4 Å². The van der Waals surface area contributed by atoms with Crippen LogP contribution in [0.3, 0.4) is 0 Å². The third-order valence-corrected chi connectivity index (χ3v) is 5.40. The predicted octanol–water partition coefficient (Wildman–Crippen LogP) is 3.31. The number of likely N-dealkylation sites (tertiary alicyclic amines) is 1. The van der Waals surface area contributed by atoms with Crippen molar-refractivity contribution in [2.45, 2.75) is 50.6 Å². The lowest BCUT2D eigenvalue weighted by Gasteiger charge is -2.33. The Morgan fingerprint density at radius 2 is 1.96 bits per heavy atom. The summed E-state index contributed by atoms with van der Waals surface area (Å²) in [7, 11) is 3.31. The molecule has 1 amide bonds. The molecule has 1 saturated carbocycles. The molecule has 1 saturated heterocycles. The Hall–Kier alpha value is -1.46. The topological polar surface area (TPSA) is 64.8 Å². The van der Waals surface area contributed by atoms with Crippen LogP contribution in [0, 0.1) is 5.92 Å². The van der Waals surface area contributed by atoms with Gasteiger partial charge in [-0.25, -0.2) is 0 Å². The Bertz CT molecular complexity index is 596. The third-order valence-electron chi connectivity index (χ3n) is 5.40. The van der Waals surface area contributed by atoms with Gasteiger partial charge in [-0.15, -0.1) is 12.4 Å². The number of rotatable bonds is 4. The van der Waals surface area contributed by atoms with Crippen molar-refractivity contribution in [1.82, 2.24) is 4.90 Å². The summed E-state index contributed by atoms with van der Waals surface area (Å²) in [5.74, 6) is 1.91. The molecule has 2 aliphatic rings. The zero-order chi connectivity index (χ0) is 17.1. The van der Waals surface area contributed by atoms with E-state index < -0.39 is 0 Å². The van der Waals surface area contributed by atoms with Crippen molar-refractivity contribution in [2.75, 3.05) is 20.8 Å². The number of amides is 1. The molecule has 0 spiro atoms. The third kappa shape index (κ3) is 4.21. The molecule has 2 N–H and O–H groups in total.